The van der Waals surface area contributed by atoms with E-state index in [0.717, 1.165) is 12.8 Å². The van der Waals surface area contributed by atoms with E-state index in [1.165, 1.54) is 18.2 Å². The van der Waals surface area contributed by atoms with Crippen molar-refractivity contribution >= 4 is 23.7 Å². The van der Waals surface area contributed by atoms with Gasteiger partial charge in [-0.15, -0.1) is 0 Å². The zero-order valence-corrected chi connectivity index (χ0v) is 15.9. The van der Waals surface area contributed by atoms with Gasteiger partial charge < -0.3 is 19.7 Å². The van der Waals surface area contributed by atoms with Crippen molar-refractivity contribution < 1.29 is 38.9 Å². The third-order valence-electron chi connectivity index (χ3n) is 4.02. The third-order valence-corrected chi connectivity index (χ3v) is 4.02. The van der Waals surface area contributed by atoms with E-state index in [1.54, 1.807) is 6.07 Å². The van der Waals surface area contributed by atoms with Crippen LogP contribution in [0, 0.1) is 0 Å². The van der Waals surface area contributed by atoms with E-state index in [0.29, 0.717) is 19.3 Å². The molecule has 0 aliphatic heterocycles. The van der Waals surface area contributed by atoms with Crippen LogP contribution in [0.3, 0.4) is 0 Å². The third kappa shape index (κ3) is 7.98. The summed E-state index contributed by atoms with van der Waals surface area (Å²) in [6.45, 7) is 0.378. The molecule has 0 aliphatic rings. The molecule has 0 amide bonds. The molecule has 0 saturated carbocycles. The zero-order chi connectivity index (χ0) is 20.9. The van der Waals surface area contributed by atoms with Crippen molar-refractivity contribution in [2.45, 2.75) is 51.6 Å². The van der Waals surface area contributed by atoms with Gasteiger partial charge in [0.05, 0.1) is 5.56 Å². The van der Waals surface area contributed by atoms with Gasteiger partial charge in [-0.25, -0.2) is 14.4 Å². The standard InChI is InChI=1S/C20H26O8/c1-2-3-7-14(27-18(24)12-21)8-6-11-17(23)15-9-4-5-10-16(15)20(26)28-19(25)13-22/h4-5,9-10,14,21-22H,2-3,6-8,11-13H2,1H3. The fraction of sp³-hybridized carbons (Fsp3) is 0.500. The second-order valence-electron chi connectivity index (χ2n) is 6.19. The number of ether oxygens (including phenoxy) is 2. The molecule has 0 radical (unpaired) electrons. The van der Waals surface area contributed by atoms with E-state index in [1.807, 2.05) is 6.92 Å². The average molecular weight is 394 g/mol. The summed E-state index contributed by atoms with van der Waals surface area (Å²) in [6, 6.07) is 5.95. The first-order valence-corrected chi connectivity index (χ1v) is 9.21. The Morgan fingerprint density at radius 2 is 1.54 bits per heavy atom. The second-order valence-corrected chi connectivity index (χ2v) is 6.19. The van der Waals surface area contributed by atoms with Gasteiger partial charge in [-0.3, -0.25) is 4.79 Å². The molecule has 8 nitrogen and oxygen atoms in total. The van der Waals surface area contributed by atoms with Crippen LogP contribution < -0.4 is 0 Å². The Bertz CT molecular complexity index is 683. The van der Waals surface area contributed by atoms with Crippen LogP contribution in [0.15, 0.2) is 24.3 Å². The minimum atomic E-state index is -1.10. The lowest BCUT2D eigenvalue weighted by molar-refractivity contribution is -0.153. The molecule has 1 aromatic rings. The summed E-state index contributed by atoms with van der Waals surface area (Å²) in [7, 11) is 0. The van der Waals surface area contributed by atoms with Crippen molar-refractivity contribution in [1.29, 1.82) is 0 Å². The highest BCUT2D eigenvalue weighted by atomic mass is 16.6. The van der Waals surface area contributed by atoms with Gasteiger partial charge in [0, 0.05) is 12.0 Å². The number of carbonyl (C=O) groups is 4. The van der Waals surface area contributed by atoms with Crippen molar-refractivity contribution in [3.05, 3.63) is 35.4 Å². The highest BCUT2D eigenvalue weighted by Crippen LogP contribution is 2.17. The smallest absolute Gasteiger partial charge is 0.346 e. The summed E-state index contributed by atoms with van der Waals surface area (Å²) in [4.78, 5) is 46.9. The van der Waals surface area contributed by atoms with Crippen LogP contribution in [0.25, 0.3) is 0 Å². The maximum atomic E-state index is 12.5. The molecule has 0 bridgehead atoms. The molecule has 28 heavy (non-hydrogen) atoms. The first-order chi connectivity index (χ1) is 13.4. The summed E-state index contributed by atoms with van der Waals surface area (Å²) in [5.41, 5.74) is 0.0687. The fourth-order valence-electron chi connectivity index (χ4n) is 2.64. The van der Waals surface area contributed by atoms with Crippen molar-refractivity contribution in [3.8, 4) is 0 Å². The van der Waals surface area contributed by atoms with Gasteiger partial charge >= 0.3 is 17.9 Å². The minimum absolute atomic E-state index is 0.0523. The number of hydrogen-bond donors (Lipinski definition) is 2. The molecule has 1 unspecified atom stereocenters. The minimum Gasteiger partial charge on any atom is -0.461 e. The quantitative estimate of drug-likeness (QED) is 0.312. The van der Waals surface area contributed by atoms with Crippen LogP contribution in [-0.4, -0.2) is 53.2 Å². The second kappa shape index (κ2) is 12.7. The van der Waals surface area contributed by atoms with E-state index in [2.05, 4.69) is 4.74 Å². The van der Waals surface area contributed by atoms with Crippen LogP contribution in [0.1, 0.15) is 66.2 Å². The molecular formula is C20H26O8. The van der Waals surface area contributed by atoms with Gasteiger partial charge in [-0.1, -0.05) is 38.0 Å². The summed E-state index contributed by atoms with van der Waals surface area (Å²) in [6.07, 6.45) is 3.02. The van der Waals surface area contributed by atoms with E-state index >= 15 is 0 Å². The predicted octanol–water partition coefficient (Wildman–Crippen LogP) is 1.81. The normalized spacial score (nSPS) is 11.5. The Labute approximate surface area is 163 Å². The summed E-state index contributed by atoms with van der Waals surface area (Å²) < 4.78 is 9.63. The number of aliphatic hydroxyl groups excluding tert-OH is 2. The van der Waals surface area contributed by atoms with Gasteiger partial charge in [0.1, 0.15) is 19.3 Å². The topological polar surface area (TPSA) is 127 Å². The van der Waals surface area contributed by atoms with Crippen molar-refractivity contribution in [3.63, 3.8) is 0 Å². The zero-order valence-electron chi connectivity index (χ0n) is 15.9. The Balaban J connectivity index is 2.70. The lowest BCUT2D eigenvalue weighted by atomic mass is 9.98. The van der Waals surface area contributed by atoms with Gasteiger partial charge in [0.15, 0.2) is 5.78 Å². The number of carbonyl (C=O) groups excluding carboxylic acids is 4. The van der Waals surface area contributed by atoms with Gasteiger partial charge in [-0.2, -0.15) is 0 Å². The molecule has 0 aromatic heterocycles. The van der Waals surface area contributed by atoms with Crippen LogP contribution in [0.2, 0.25) is 0 Å². The molecule has 8 heteroatoms. The molecule has 0 heterocycles. The monoisotopic (exact) mass is 394 g/mol. The number of ketones is 1. The molecule has 0 aliphatic carbocycles. The highest BCUT2D eigenvalue weighted by molar-refractivity contribution is 6.08. The first-order valence-electron chi connectivity index (χ1n) is 9.21. The Hall–Kier alpha value is -2.58. The molecule has 0 spiro atoms. The van der Waals surface area contributed by atoms with Crippen LogP contribution in [0.5, 0.6) is 0 Å². The van der Waals surface area contributed by atoms with Crippen molar-refractivity contribution in [1.82, 2.24) is 0 Å². The predicted molar refractivity (Wildman–Crippen MR) is 98.6 cm³/mol. The van der Waals surface area contributed by atoms with E-state index in [-0.39, 0.29) is 29.4 Å². The number of benzene rings is 1. The molecule has 1 aromatic carbocycles. The number of rotatable bonds is 12. The van der Waals surface area contributed by atoms with Crippen LogP contribution >= 0.6 is 0 Å². The molecule has 0 saturated heterocycles. The number of Topliss-reactive ketones (excluding diaryl/α,β-unsaturated/α-hetero) is 1. The lowest BCUT2D eigenvalue weighted by Crippen LogP contribution is -2.21. The number of unbranched alkanes of at least 4 members (excludes halogenated alkanes) is 1. The number of aliphatic hydroxyl groups is 2. The summed E-state index contributed by atoms with van der Waals surface area (Å²) in [5, 5.41) is 17.5. The highest BCUT2D eigenvalue weighted by Gasteiger charge is 2.20. The largest absolute Gasteiger partial charge is 0.461 e. The maximum Gasteiger partial charge on any atom is 0.346 e. The SMILES string of the molecule is CCCCC(CCCC(=O)c1ccccc1C(=O)OC(=O)CO)OC(=O)CO. The molecular weight excluding hydrogens is 368 g/mol. The Morgan fingerprint density at radius 3 is 2.14 bits per heavy atom. The molecule has 0 fully saturated rings. The maximum absolute atomic E-state index is 12.5. The van der Waals surface area contributed by atoms with E-state index in [9.17, 15) is 19.2 Å². The molecule has 154 valence electrons. The molecule has 1 atom stereocenters. The van der Waals surface area contributed by atoms with Gasteiger partial charge in [-0.05, 0) is 25.3 Å². The van der Waals surface area contributed by atoms with E-state index in [4.69, 9.17) is 14.9 Å². The average Bonchev–Trinajstić information content (AvgIpc) is 2.71. The fourth-order valence-corrected chi connectivity index (χ4v) is 2.64. The van der Waals surface area contributed by atoms with Crippen LogP contribution in [0.4, 0.5) is 0 Å². The number of esters is 3. The van der Waals surface area contributed by atoms with Crippen molar-refractivity contribution in [2.75, 3.05) is 13.2 Å². The van der Waals surface area contributed by atoms with Gasteiger partial charge in [0.25, 0.3) is 0 Å². The Kier molecular flexibility index (Phi) is 10.7. The Morgan fingerprint density at radius 1 is 0.929 bits per heavy atom. The van der Waals surface area contributed by atoms with Crippen LogP contribution in [-0.2, 0) is 19.1 Å². The first kappa shape index (κ1) is 23.5. The van der Waals surface area contributed by atoms with E-state index < -0.39 is 31.1 Å². The lowest BCUT2D eigenvalue weighted by Gasteiger charge is -2.17. The summed E-state index contributed by atoms with van der Waals surface area (Å²) in [5.74, 6) is -3.11. The van der Waals surface area contributed by atoms with Crippen molar-refractivity contribution in [2.24, 2.45) is 0 Å². The number of hydrogen-bond acceptors (Lipinski definition) is 8. The molecule has 2 N–H and O–H groups in total. The van der Waals surface area contributed by atoms with Gasteiger partial charge in [0.2, 0.25) is 0 Å². The molecule has 1 rings (SSSR count). The summed E-state index contributed by atoms with van der Waals surface area (Å²) >= 11 is 0.